The molecule has 5 rings (SSSR count). The van der Waals surface area contributed by atoms with Crippen LogP contribution in [0.5, 0.6) is 5.75 Å². The molecule has 0 bridgehead atoms. The second kappa shape index (κ2) is 7.28. The number of amides is 1. The third-order valence-corrected chi connectivity index (χ3v) is 6.82. The highest BCUT2D eigenvalue weighted by Crippen LogP contribution is 2.55. The first-order chi connectivity index (χ1) is 15.1. The van der Waals surface area contributed by atoms with Crippen molar-refractivity contribution in [2.75, 3.05) is 12.4 Å². The Labute approximate surface area is 181 Å². The van der Waals surface area contributed by atoms with Crippen molar-refractivity contribution in [1.82, 2.24) is 4.90 Å². The zero-order valence-electron chi connectivity index (χ0n) is 17.4. The molecule has 2 N–H and O–H groups in total. The number of methoxy groups -OCH3 is 1. The monoisotopic (exact) mass is 412 g/mol. The summed E-state index contributed by atoms with van der Waals surface area (Å²) in [6.45, 7) is 0.499. The Kier molecular flexibility index (Phi) is 4.55. The number of carbonyl (C=O) groups is 1. The van der Waals surface area contributed by atoms with Crippen molar-refractivity contribution in [3.05, 3.63) is 70.9 Å². The number of nitrogens with zero attached hydrogens (tertiary/aromatic N) is 2. The lowest BCUT2D eigenvalue weighted by atomic mass is 9.60. The predicted molar refractivity (Wildman–Crippen MR) is 118 cm³/mol. The predicted octanol–water partition coefficient (Wildman–Crippen LogP) is 4.35. The molecule has 31 heavy (non-hydrogen) atoms. The van der Waals surface area contributed by atoms with Crippen molar-refractivity contribution < 1.29 is 9.53 Å². The van der Waals surface area contributed by atoms with E-state index < -0.39 is 11.3 Å². The van der Waals surface area contributed by atoms with E-state index in [0.29, 0.717) is 6.54 Å². The van der Waals surface area contributed by atoms with E-state index in [4.69, 9.17) is 10.1 Å². The maximum atomic E-state index is 13.5. The number of fused-ring (bicyclic) bond motifs is 3. The molecule has 2 heterocycles. The highest BCUT2D eigenvalue weighted by molar-refractivity contribution is 6.13. The quantitative estimate of drug-likeness (QED) is 0.785. The van der Waals surface area contributed by atoms with Gasteiger partial charge in [0.2, 0.25) is 5.91 Å². The van der Waals surface area contributed by atoms with Crippen molar-refractivity contribution in [3.63, 3.8) is 0 Å². The zero-order valence-corrected chi connectivity index (χ0v) is 17.4. The molecule has 156 valence electrons. The lowest BCUT2D eigenvalue weighted by Gasteiger charge is -2.47. The molecule has 6 nitrogen and oxygen atoms in total. The zero-order chi connectivity index (χ0) is 21.6. The molecule has 2 aromatic carbocycles. The van der Waals surface area contributed by atoms with Crippen LogP contribution in [-0.4, -0.2) is 23.8 Å². The minimum absolute atomic E-state index is 0.177. The Morgan fingerprint density at radius 2 is 1.94 bits per heavy atom. The Bertz CT molecular complexity index is 1140. The summed E-state index contributed by atoms with van der Waals surface area (Å²) >= 11 is 0. The summed E-state index contributed by atoms with van der Waals surface area (Å²) in [4.78, 5) is 15.4. The number of carbonyl (C=O) groups excluding carboxylic acids is 1. The van der Waals surface area contributed by atoms with E-state index in [9.17, 15) is 10.1 Å². The highest BCUT2D eigenvalue weighted by Gasteiger charge is 2.60. The van der Waals surface area contributed by atoms with Gasteiger partial charge in [-0.05, 0) is 60.6 Å². The van der Waals surface area contributed by atoms with E-state index in [0.717, 1.165) is 59.5 Å². The van der Waals surface area contributed by atoms with Crippen LogP contribution in [0, 0.1) is 22.7 Å². The van der Waals surface area contributed by atoms with Crippen LogP contribution in [-0.2, 0) is 16.8 Å². The van der Waals surface area contributed by atoms with Crippen LogP contribution in [0.25, 0.3) is 0 Å². The lowest BCUT2D eigenvalue weighted by molar-refractivity contribution is -0.120. The molecule has 3 aliphatic rings. The molecule has 0 aromatic heterocycles. The van der Waals surface area contributed by atoms with Gasteiger partial charge in [-0.2, -0.15) is 5.26 Å². The fourth-order valence-electron chi connectivity index (χ4n) is 5.41. The van der Waals surface area contributed by atoms with Crippen LogP contribution < -0.4 is 10.1 Å². The number of hydrogen-bond donors (Lipinski definition) is 2. The summed E-state index contributed by atoms with van der Waals surface area (Å²) in [5.74, 6) is -0.0660. The number of rotatable bonds is 3. The standard InChI is InChI=1S/C25H24N4O2/c1-31-17-12-10-16(11-13-17)15-29-22-9-5-3-7-19(22)25(20(14-26)23(29)27)18-6-2-4-8-21(18)28-24(25)30/h2,4,6,8,10-13,20,27H,3,5,7,9,15H2,1H3,(H,28,30)/t20-,25+/m1/s1. The van der Waals surface area contributed by atoms with E-state index in [1.54, 1.807) is 7.11 Å². The molecular formula is C25H24N4O2. The number of allylic oxidation sites excluding steroid dienone is 1. The molecule has 0 saturated heterocycles. The summed E-state index contributed by atoms with van der Waals surface area (Å²) in [6.07, 6.45) is 3.57. The summed E-state index contributed by atoms with van der Waals surface area (Å²) in [5, 5.41) is 22.3. The van der Waals surface area contributed by atoms with Gasteiger partial charge in [0.1, 0.15) is 22.9 Å². The maximum absolute atomic E-state index is 13.5. The molecule has 2 aliphatic heterocycles. The molecule has 0 saturated carbocycles. The van der Waals surface area contributed by atoms with Crippen molar-refractivity contribution in [1.29, 1.82) is 10.7 Å². The molecular weight excluding hydrogens is 388 g/mol. The molecule has 2 atom stereocenters. The maximum Gasteiger partial charge on any atom is 0.241 e. The molecule has 0 unspecified atom stereocenters. The van der Waals surface area contributed by atoms with E-state index >= 15 is 0 Å². The smallest absolute Gasteiger partial charge is 0.241 e. The largest absolute Gasteiger partial charge is 0.497 e. The summed E-state index contributed by atoms with van der Waals surface area (Å²) in [6, 6.07) is 17.7. The van der Waals surface area contributed by atoms with Gasteiger partial charge < -0.3 is 15.0 Å². The molecule has 1 spiro atoms. The van der Waals surface area contributed by atoms with Gasteiger partial charge in [0, 0.05) is 17.9 Å². The van der Waals surface area contributed by atoms with Gasteiger partial charge in [0.05, 0.1) is 13.2 Å². The average Bonchev–Trinajstić information content (AvgIpc) is 3.10. The third kappa shape index (κ3) is 2.70. The van der Waals surface area contributed by atoms with E-state index in [-0.39, 0.29) is 11.7 Å². The number of para-hydroxylation sites is 1. The number of amidine groups is 1. The number of nitriles is 1. The Morgan fingerprint density at radius 1 is 1.19 bits per heavy atom. The molecule has 2 aromatic rings. The summed E-state index contributed by atoms with van der Waals surface area (Å²) in [7, 11) is 1.63. The molecule has 0 radical (unpaired) electrons. The van der Waals surface area contributed by atoms with Crippen LogP contribution in [0.15, 0.2) is 59.8 Å². The van der Waals surface area contributed by atoms with Gasteiger partial charge in [-0.3, -0.25) is 10.2 Å². The fourth-order valence-corrected chi connectivity index (χ4v) is 5.41. The minimum atomic E-state index is -1.10. The first kappa shape index (κ1) is 19.4. The second-order valence-electron chi connectivity index (χ2n) is 8.32. The van der Waals surface area contributed by atoms with E-state index in [2.05, 4.69) is 11.4 Å². The number of nitrogens with one attached hydrogen (secondary N) is 2. The van der Waals surface area contributed by atoms with Crippen LogP contribution in [0.4, 0.5) is 5.69 Å². The number of ether oxygens (including phenoxy) is 1. The van der Waals surface area contributed by atoms with Gasteiger partial charge in [-0.1, -0.05) is 30.3 Å². The number of anilines is 1. The van der Waals surface area contributed by atoms with Crippen molar-refractivity contribution in [2.24, 2.45) is 5.92 Å². The Balaban J connectivity index is 1.67. The van der Waals surface area contributed by atoms with Crippen LogP contribution >= 0.6 is 0 Å². The molecule has 1 aliphatic carbocycles. The van der Waals surface area contributed by atoms with Crippen molar-refractivity contribution in [2.45, 2.75) is 37.6 Å². The molecule has 1 amide bonds. The molecule has 0 fully saturated rings. The normalized spacial score (nSPS) is 24.5. The van der Waals surface area contributed by atoms with Gasteiger partial charge in [-0.25, -0.2) is 0 Å². The summed E-state index contributed by atoms with van der Waals surface area (Å²) in [5.41, 5.74) is 3.56. The Hall–Kier alpha value is -3.59. The third-order valence-electron chi connectivity index (χ3n) is 6.82. The van der Waals surface area contributed by atoms with Gasteiger partial charge in [-0.15, -0.1) is 0 Å². The van der Waals surface area contributed by atoms with Gasteiger partial charge >= 0.3 is 0 Å². The fraction of sp³-hybridized carbons (Fsp3) is 0.320. The van der Waals surface area contributed by atoms with Crippen molar-refractivity contribution >= 4 is 17.4 Å². The van der Waals surface area contributed by atoms with E-state index in [1.807, 2.05) is 53.4 Å². The number of benzene rings is 2. The minimum Gasteiger partial charge on any atom is -0.497 e. The first-order valence-electron chi connectivity index (χ1n) is 10.6. The second-order valence-corrected chi connectivity index (χ2v) is 8.32. The van der Waals surface area contributed by atoms with Crippen LogP contribution in [0.2, 0.25) is 0 Å². The SMILES string of the molecule is COc1ccc(CN2C(=N)[C@@H](C#N)[C@@]3(C(=O)Nc4ccccc43)C3=C2CCCC3)cc1. The number of hydrogen-bond acceptors (Lipinski definition) is 4. The van der Waals surface area contributed by atoms with Crippen LogP contribution in [0.1, 0.15) is 36.8 Å². The summed E-state index contributed by atoms with van der Waals surface area (Å²) < 4.78 is 5.26. The van der Waals surface area contributed by atoms with Gasteiger partial charge in [0.15, 0.2) is 0 Å². The van der Waals surface area contributed by atoms with Crippen LogP contribution in [0.3, 0.4) is 0 Å². The lowest BCUT2D eigenvalue weighted by Crippen LogP contribution is -2.55. The molecule has 6 heteroatoms. The topological polar surface area (TPSA) is 89.2 Å². The van der Waals surface area contributed by atoms with Crippen molar-refractivity contribution in [3.8, 4) is 11.8 Å². The highest BCUT2D eigenvalue weighted by atomic mass is 16.5. The van der Waals surface area contributed by atoms with E-state index in [1.165, 1.54) is 0 Å². The van der Waals surface area contributed by atoms with Gasteiger partial charge in [0.25, 0.3) is 0 Å². The Morgan fingerprint density at radius 3 is 2.68 bits per heavy atom. The average molecular weight is 412 g/mol. The first-order valence-corrected chi connectivity index (χ1v) is 10.6.